The zero-order valence-corrected chi connectivity index (χ0v) is 18.0. The van der Waals surface area contributed by atoms with E-state index >= 15 is 0 Å². The van der Waals surface area contributed by atoms with Crippen molar-refractivity contribution >= 4 is 11.7 Å². The first-order valence-corrected chi connectivity index (χ1v) is 10.4. The highest BCUT2D eigenvalue weighted by atomic mass is 19.4. The lowest BCUT2D eigenvalue weighted by molar-refractivity contribution is -0.144. The molecular formula is C21H28F3N5O. The van der Waals surface area contributed by atoms with Gasteiger partial charge in [-0.05, 0) is 61.8 Å². The molecule has 2 aliphatic rings. The van der Waals surface area contributed by atoms with Crippen LogP contribution in [0.1, 0.15) is 69.2 Å². The van der Waals surface area contributed by atoms with Gasteiger partial charge in [-0.1, -0.05) is 20.8 Å². The molecule has 6 nitrogen and oxygen atoms in total. The van der Waals surface area contributed by atoms with Crippen molar-refractivity contribution < 1.29 is 18.0 Å². The molecule has 2 aromatic heterocycles. The minimum atomic E-state index is -4.63. The van der Waals surface area contributed by atoms with Gasteiger partial charge in [0.15, 0.2) is 0 Å². The summed E-state index contributed by atoms with van der Waals surface area (Å²) < 4.78 is 39.9. The first-order chi connectivity index (χ1) is 13.8. The molecule has 2 saturated carbocycles. The summed E-state index contributed by atoms with van der Waals surface area (Å²) in [4.78, 5) is 20.4. The van der Waals surface area contributed by atoms with E-state index in [4.69, 9.17) is 0 Å². The number of hydrogen-bond acceptors (Lipinski definition) is 4. The number of rotatable bonds is 4. The van der Waals surface area contributed by atoms with Crippen LogP contribution in [-0.4, -0.2) is 31.5 Å². The van der Waals surface area contributed by atoms with Crippen molar-refractivity contribution in [3.05, 3.63) is 22.8 Å². The summed E-state index contributed by atoms with van der Waals surface area (Å²) in [5.74, 6) is -0.681. The number of hydrogen-bond donors (Lipinski definition) is 1. The molecule has 0 spiro atoms. The van der Waals surface area contributed by atoms with Gasteiger partial charge in [-0.15, -0.1) is 5.10 Å². The smallest absolute Gasteiger partial charge is 0.353 e. The molecule has 30 heavy (non-hydrogen) atoms. The van der Waals surface area contributed by atoms with E-state index in [2.05, 4.69) is 41.2 Å². The van der Waals surface area contributed by atoms with E-state index in [1.807, 2.05) is 0 Å². The topological polar surface area (TPSA) is 72.2 Å². The summed E-state index contributed by atoms with van der Waals surface area (Å²) >= 11 is 0. The van der Waals surface area contributed by atoms with Gasteiger partial charge in [0.1, 0.15) is 0 Å². The van der Waals surface area contributed by atoms with E-state index in [0.29, 0.717) is 23.7 Å². The second kappa shape index (κ2) is 6.65. The predicted octanol–water partition coefficient (Wildman–Crippen LogP) is 4.02. The maximum atomic E-state index is 12.9. The van der Waals surface area contributed by atoms with Crippen LogP contribution >= 0.6 is 0 Å². The third-order valence-corrected chi connectivity index (χ3v) is 8.03. The summed E-state index contributed by atoms with van der Waals surface area (Å²) in [6, 6.07) is 0.172. The number of aryl methyl sites for hydroxylation is 2. The van der Waals surface area contributed by atoms with Gasteiger partial charge < -0.3 is 5.32 Å². The Labute approximate surface area is 173 Å². The lowest BCUT2D eigenvalue weighted by atomic mass is 9.69. The third-order valence-electron chi connectivity index (χ3n) is 8.03. The highest BCUT2D eigenvalue weighted by Gasteiger charge is 2.61. The summed E-state index contributed by atoms with van der Waals surface area (Å²) in [6.45, 7) is 10.3. The number of nitrogens with zero attached hydrogens (tertiary/aromatic N) is 4. The number of carbonyl (C=O) groups is 1. The molecular weight excluding hydrogens is 395 g/mol. The summed E-state index contributed by atoms with van der Waals surface area (Å²) in [6.07, 6.45) is -0.615. The highest BCUT2D eigenvalue weighted by Crippen LogP contribution is 2.65. The standard InChI is InChI=1S/C21H28F3N5O/c1-11-14(12(2)29-18(25-11)27-17(28-29)21(22,23)24)6-7-16(30)26-15-10-13-8-9-20(15,5)19(13,3)4/h13,15H,6-10H2,1-5H3,(H,26,30). The number of halogens is 3. The monoisotopic (exact) mass is 423 g/mol. The lowest BCUT2D eigenvalue weighted by Gasteiger charge is -2.39. The first-order valence-electron chi connectivity index (χ1n) is 10.4. The molecule has 2 bridgehead atoms. The molecule has 1 amide bonds. The molecule has 0 radical (unpaired) electrons. The Balaban J connectivity index is 1.48. The largest absolute Gasteiger partial charge is 0.453 e. The first kappa shape index (κ1) is 21.1. The molecule has 0 saturated heterocycles. The van der Waals surface area contributed by atoms with E-state index in [1.165, 1.54) is 6.42 Å². The lowest BCUT2D eigenvalue weighted by Crippen LogP contribution is -2.46. The van der Waals surface area contributed by atoms with Gasteiger partial charge in [0.05, 0.1) is 0 Å². The molecule has 9 heteroatoms. The van der Waals surface area contributed by atoms with Crippen LogP contribution in [0, 0.1) is 30.6 Å². The van der Waals surface area contributed by atoms with Crippen LogP contribution in [0.3, 0.4) is 0 Å². The van der Waals surface area contributed by atoms with Crippen molar-refractivity contribution in [3.8, 4) is 0 Å². The van der Waals surface area contributed by atoms with Crippen molar-refractivity contribution in [2.45, 2.75) is 78.9 Å². The van der Waals surface area contributed by atoms with Crippen LogP contribution in [0.5, 0.6) is 0 Å². The molecule has 1 N–H and O–H groups in total. The summed E-state index contributed by atoms with van der Waals surface area (Å²) in [5.41, 5.74) is 2.16. The van der Waals surface area contributed by atoms with Gasteiger partial charge in [0.2, 0.25) is 5.91 Å². The number of alkyl halides is 3. The Kier molecular flexibility index (Phi) is 4.67. The van der Waals surface area contributed by atoms with E-state index in [-0.39, 0.29) is 35.0 Å². The Bertz CT molecular complexity index is 1010. The quantitative estimate of drug-likeness (QED) is 0.806. The second-order valence-electron chi connectivity index (χ2n) is 9.64. The number of aromatic nitrogens is 4. The van der Waals surface area contributed by atoms with Crippen molar-refractivity contribution in [1.82, 2.24) is 24.9 Å². The van der Waals surface area contributed by atoms with Crippen molar-refractivity contribution in [2.75, 3.05) is 0 Å². The fourth-order valence-corrected chi connectivity index (χ4v) is 5.62. The molecule has 2 aromatic rings. The predicted molar refractivity (Wildman–Crippen MR) is 105 cm³/mol. The molecule has 3 unspecified atom stereocenters. The Morgan fingerprint density at radius 3 is 2.50 bits per heavy atom. The van der Waals surface area contributed by atoms with Crippen LogP contribution in [0.25, 0.3) is 5.78 Å². The maximum Gasteiger partial charge on any atom is 0.453 e. The van der Waals surface area contributed by atoms with Crippen LogP contribution in [0.15, 0.2) is 0 Å². The fraction of sp³-hybridized carbons (Fsp3) is 0.714. The van der Waals surface area contributed by atoms with E-state index < -0.39 is 12.0 Å². The SMILES string of the molecule is Cc1nc2nc(C(F)(F)F)nn2c(C)c1CCC(=O)NC1CC2CCC1(C)C2(C)C. The van der Waals surface area contributed by atoms with Gasteiger partial charge in [-0.2, -0.15) is 18.2 Å². The minimum Gasteiger partial charge on any atom is -0.353 e. The fourth-order valence-electron chi connectivity index (χ4n) is 5.62. The van der Waals surface area contributed by atoms with Gasteiger partial charge in [-0.3, -0.25) is 4.79 Å². The number of amides is 1. The number of nitrogens with one attached hydrogen (secondary N) is 1. The Hall–Kier alpha value is -2.19. The second-order valence-corrected chi connectivity index (χ2v) is 9.64. The zero-order valence-electron chi connectivity index (χ0n) is 18.0. The average Bonchev–Trinajstić information content (AvgIpc) is 3.21. The molecule has 2 aliphatic carbocycles. The van der Waals surface area contributed by atoms with Crippen molar-refractivity contribution in [2.24, 2.45) is 16.7 Å². The van der Waals surface area contributed by atoms with E-state index in [9.17, 15) is 18.0 Å². The molecule has 2 heterocycles. The molecule has 164 valence electrons. The zero-order chi connectivity index (χ0) is 22.1. The Morgan fingerprint density at radius 1 is 1.23 bits per heavy atom. The average molecular weight is 423 g/mol. The summed E-state index contributed by atoms with van der Waals surface area (Å²) in [5, 5.41) is 6.80. The summed E-state index contributed by atoms with van der Waals surface area (Å²) in [7, 11) is 0. The molecule has 3 atom stereocenters. The number of fused-ring (bicyclic) bond motifs is 3. The van der Waals surface area contributed by atoms with Crippen LogP contribution in [-0.2, 0) is 17.4 Å². The van der Waals surface area contributed by atoms with Crippen molar-refractivity contribution in [1.29, 1.82) is 0 Å². The number of carbonyl (C=O) groups excluding carboxylic acids is 1. The molecule has 4 rings (SSSR count). The normalized spacial score (nSPS) is 27.7. The van der Waals surface area contributed by atoms with Gasteiger partial charge in [0.25, 0.3) is 11.6 Å². The van der Waals surface area contributed by atoms with Gasteiger partial charge >= 0.3 is 6.18 Å². The van der Waals surface area contributed by atoms with Crippen molar-refractivity contribution in [3.63, 3.8) is 0 Å². The van der Waals surface area contributed by atoms with Gasteiger partial charge in [-0.25, -0.2) is 9.50 Å². The molecule has 0 aliphatic heterocycles. The van der Waals surface area contributed by atoms with Crippen LogP contribution in [0.4, 0.5) is 13.2 Å². The van der Waals surface area contributed by atoms with E-state index in [1.54, 1.807) is 13.8 Å². The van der Waals surface area contributed by atoms with Gasteiger partial charge in [0, 0.05) is 23.9 Å². The third kappa shape index (κ3) is 3.08. The molecule has 0 aromatic carbocycles. The highest BCUT2D eigenvalue weighted by molar-refractivity contribution is 5.76. The molecule has 2 fully saturated rings. The van der Waals surface area contributed by atoms with Crippen LogP contribution in [0.2, 0.25) is 0 Å². The maximum absolute atomic E-state index is 12.9. The van der Waals surface area contributed by atoms with E-state index in [0.717, 1.165) is 22.9 Å². The minimum absolute atomic E-state index is 0.0296. The Morgan fingerprint density at radius 2 is 1.93 bits per heavy atom. The van der Waals surface area contributed by atoms with Crippen LogP contribution < -0.4 is 5.32 Å².